The van der Waals surface area contributed by atoms with Crippen molar-refractivity contribution < 1.29 is 0 Å². The molecule has 2 atom stereocenters. The minimum absolute atomic E-state index is 0.664. The van der Waals surface area contributed by atoms with Crippen LogP contribution in [-0.4, -0.2) is 39.9 Å². The van der Waals surface area contributed by atoms with Gasteiger partial charge in [0.15, 0.2) is 0 Å². The van der Waals surface area contributed by atoms with E-state index in [1.54, 1.807) is 0 Å². The van der Waals surface area contributed by atoms with Crippen LogP contribution in [0.15, 0.2) is 0 Å². The number of nitrogens with one attached hydrogen (secondary N) is 1. The Hall–Kier alpha value is -0.580. The van der Waals surface area contributed by atoms with E-state index >= 15 is 0 Å². The van der Waals surface area contributed by atoms with E-state index < -0.39 is 0 Å². The average Bonchev–Trinajstić information content (AvgIpc) is 3.04. The third-order valence-corrected chi connectivity index (χ3v) is 5.33. The van der Waals surface area contributed by atoms with Crippen molar-refractivity contribution in [2.75, 3.05) is 13.1 Å². The first-order valence-electron chi connectivity index (χ1n) is 7.82. The third-order valence-electron chi connectivity index (χ3n) is 4.84. The quantitative estimate of drug-likeness (QED) is 0.930. The molecule has 1 aromatic rings. The monoisotopic (exact) mass is 296 g/mol. The van der Waals surface area contributed by atoms with Crippen molar-refractivity contribution in [1.29, 1.82) is 0 Å². The Kier molecular flexibility index (Phi) is 4.34. The zero-order valence-corrected chi connectivity index (χ0v) is 13.3. The molecular weight excluding hydrogens is 272 g/mol. The van der Waals surface area contributed by atoms with E-state index in [4.69, 9.17) is 11.6 Å². The smallest absolute Gasteiger partial charge is 0.0860 e. The lowest BCUT2D eigenvalue weighted by molar-refractivity contribution is 0.109. The van der Waals surface area contributed by atoms with Gasteiger partial charge in [-0.3, -0.25) is 9.58 Å². The molecule has 1 N–H and O–H groups in total. The molecule has 2 fully saturated rings. The Morgan fingerprint density at radius 2 is 2.15 bits per heavy atom. The van der Waals surface area contributed by atoms with Crippen LogP contribution in [0.5, 0.6) is 0 Å². The van der Waals surface area contributed by atoms with Gasteiger partial charge in [-0.2, -0.15) is 5.10 Å². The molecule has 2 aliphatic heterocycles. The van der Waals surface area contributed by atoms with Gasteiger partial charge in [0, 0.05) is 25.7 Å². The first-order valence-corrected chi connectivity index (χ1v) is 8.20. The lowest BCUT2D eigenvalue weighted by Crippen LogP contribution is -2.49. The van der Waals surface area contributed by atoms with Crippen LogP contribution in [0.1, 0.15) is 43.5 Å². The number of hydrogen-bond donors (Lipinski definition) is 1. The number of aromatic nitrogens is 2. The van der Waals surface area contributed by atoms with Crippen LogP contribution in [0, 0.1) is 6.92 Å². The van der Waals surface area contributed by atoms with Crippen LogP contribution in [0.2, 0.25) is 5.02 Å². The fourth-order valence-corrected chi connectivity index (χ4v) is 3.97. The number of likely N-dealkylation sites (tertiary alicyclic amines) is 1. The summed E-state index contributed by atoms with van der Waals surface area (Å²) in [5.41, 5.74) is 2.10. The van der Waals surface area contributed by atoms with Gasteiger partial charge >= 0.3 is 0 Å². The summed E-state index contributed by atoms with van der Waals surface area (Å²) in [6.07, 6.45) is 6.61. The third kappa shape index (κ3) is 2.74. The minimum atomic E-state index is 0.664. The van der Waals surface area contributed by atoms with Gasteiger partial charge in [0.2, 0.25) is 0 Å². The average molecular weight is 297 g/mol. The van der Waals surface area contributed by atoms with Gasteiger partial charge in [-0.15, -0.1) is 0 Å². The van der Waals surface area contributed by atoms with Crippen molar-refractivity contribution in [3.63, 3.8) is 0 Å². The van der Waals surface area contributed by atoms with Crippen LogP contribution in [-0.2, 0) is 13.6 Å². The van der Waals surface area contributed by atoms with Crippen molar-refractivity contribution >= 4 is 11.6 Å². The summed E-state index contributed by atoms with van der Waals surface area (Å²) in [7, 11) is 2.00. The molecular formula is C15H25ClN4. The summed E-state index contributed by atoms with van der Waals surface area (Å²) < 4.78 is 1.95. The molecule has 0 radical (unpaired) electrons. The predicted molar refractivity (Wildman–Crippen MR) is 82.0 cm³/mol. The van der Waals surface area contributed by atoms with Crippen molar-refractivity contribution in [3.8, 4) is 0 Å². The highest BCUT2D eigenvalue weighted by Gasteiger charge is 2.32. The summed E-state index contributed by atoms with van der Waals surface area (Å²) in [4.78, 5) is 2.62. The topological polar surface area (TPSA) is 33.1 Å². The Labute approximate surface area is 126 Å². The normalized spacial score (nSPS) is 28.1. The van der Waals surface area contributed by atoms with E-state index in [1.165, 1.54) is 45.2 Å². The fourth-order valence-electron chi connectivity index (χ4n) is 3.75. The Bertz CT molecular complexity index is 465. The maximum atomic E-state index is 6.42. The van der Waals surface area contributed by atoms with Crippen LogP contribution in [0.4, 0.5) is 0 Å². The number of hydrogen-bond acceptors (Lipinski definition) is 3. The Morgan fingerprint density at radius 3 is 2.80 bits per heavy atom. The molecule has 0 aromatic carbocycles. The van der Waals surface area contributed by atoms with Crippen molar-refractivity contribution in [1.82, 2.24) is 20.0 Å². The van der Waals surface area contributed by atoms with Gasteiger partial charge in [0.25, 0.3) is 0 Å². The van der Waals surface area contributed by atoms with Crippen molar-refractivity contribution in [2.45, 2.75) is 57.7 Å². The Balaban J connectivity index is 1.76. The van der Waals surface area contributed by atoms with Gasteiger partial charge in [-0.25, -0.2) is 0 Å². The molecule has 5 heteroatoms. The number of nitrogens with zero attached hydrogens (tertiary/aromatic N) is 3. The summed E-state index contributed by atoms with van der Waals surface area (Å²) in [6.45, 7) is 5.28. The number of piperidine rings is 1. The first kappa shape index (κ1) is 14.4. The second kappa shape index (κ2) is 6.04. The SMILES string of the molecule is Cc1nn(C)c(CN2CCCCC2C2CCCN2)c1Cl. The van der Waals surface area contributed by atoms with E-state index in [0.717, 1.165) is 23.0 Å². The standard InChI is InChI=1S/C15H25ClN4/c1-11-15(16)14(19(2)18-11)10-20-9-4-3-7-13(20)12-6-5-8-17-12/h12-13,17H,3-10H2,1-2H3. The second-order valence-corrected chi connectivity index (χ2v) is 6.58. The molecule has 2 unspecified atom stereocenters. The highest BCUT2D eigenvalue weighted by molar-refractivity contribution is 6.31. The van der Waals surface area contributed by atoms with Gasteiger partial charge in [0.05, 0.1) is 16.4 Å². The van der Waals surface area contributed by atoms with Crippen LogP contribution in [0.25, 0.3) is 0 Å². The van der Waals surface area contributed by atoms with E-state index in [1.807, 2.05) is 18.7 Å². The molecule has 0 amide bonds. The summed E-state index contributed by atoms with van der Waals surface area (Å²) in [5, 5.41) is 8.96. The van der Waals surface area contributed by atoms with Crippen LogP contribution < -0.4 is 5.32 Å². The summed E-state index contributed by atoms with van der Waals surface area (Å²) in [5.74, 6) is 0. The van der Waals surface area contributed by atoms with Gasteiger partial charge in [0.1, 0.15) is 0 Å². The largest absolute Gasteiger partial charge is 0.312 e. The van der Waals surface area contributed by atoms with E-state index in [9.17, 15) is 0 Å². The fraction of sp³-hybridized carbons (Fsp3) is 0.800. The zero-order chi connectivity index (χ0) is 14.1. The molecule has 3 rings (SSSR count). The molecule has 2 aliphatic rings. The van der Waals surface area contributed by atoms with Gasteiger partial charge < -0.3 is 5.32 Å². The molecule has 4 nitrogen and oxygen atoms in total. The molecule has 1 aromatic heterocycles. The molecule has 20 heavy (non-hydrogen) atoms. The Morgan fingerprint density at radius 1 is 1.30 bits per heavy atom. The van der Waals surface area contributed by atoms with Gasteiger partial charge in [-0.1, -0.05) is 18.0 Å². The summed E-state index contributed by atoms with van der Waals surface area (Å²) >= 11 is 6.42. The minimum Gasteiger partial charge on any atom is -0.312 e. The van der Waals surface area contributed by atoms with Gasteiger partial charge in [-0.05, 0) is 45.7 Å². The van der Waals surface area contributed by atoms with Crippen molar-refractivity contribution in [3.05, 3.63) is 16.4 Å². The molecule has 0 aliphatic carbocycles. The molecule has 3 heterocycles. The van der Waals surface area contributed by atoms with E-state index in [0.29, 0.717) is 12.1 Å². The number of halogens is 1. The summed E-state index contributed by atoms with van der Waals surface area (Å²) in [6, 6.07) is 1.33. The molecule has 0 saturated carbocycles. The maximum Gasteiger partial charge on any atom is 0.0860 e. The lowest BCUT2D eigenvalue weighted by Gasteiger charge is -2.39. The number of aryl methyl sites for hydroxylation is 2. The van der Waals surface area contributed by atoms with E-state index in [2.05, 4.69) is 15.3 Å². The molecule has 0 spiro atoms. The highest BCUT2D eigenvalue weighted by atomic mass is 35.5. The zero-order valence-electron chi connectivity index (χ0n) is 12.5. The second-order valence-electron chi connectivity index (χ2n) is 6.21. The number of rotatable bonds is 3. The van der Waals surface area contributed by atoms with E-state index in [-0.39, 0.29) is 0 Å². The molecule has 112 valence electrons. The highest BCUT2D eigenvalue weighted by Crippen LogP contribution is 2.28. The van der Waals surface area contributed by atoms with Crippen molar-refractivity contribution in [2.24, 2.45) is 7.05 Å². The molecule has 0 bridgehead atoms. The maximum absolute atomic E-state index is 6.42. The first-order chi connectivity index (χ1) is 9.66. The predicted octanol–water partition coefficient (Wildman–Crippen LogP) is 2.49. The van der Waals surface area contributed by atoms with Crippen LogP contribution >= 0.6 is 11.6 Å². The molecule has 2 saturated heterocycles. The van der Waals surface area contributed by atoms with Crippen LogP contribution in [0.3, 0.4) is 0 Å². The lowest BCUT2D eigenvalue weighted by atomic mass is 9.94.